The van der Waals surface area contributed by atoms with Crippen LogP contribution in [0.4, 0.5) is 0 Å². The molecule has 1 amide bonds. The fraction of sp³-hybridized carbons (Fsp3) is 0.467. The lowest BCUT2D eigenvalue weighted by Crippen LogP contribution is -2.43. The molecule has 1 aliphatic carbocycles. The van der Waals surface area contributed by atoms with Gasteiger partial charge in [-0.05, 0) is 37.0 Å². The molecule has 108 valence electrons. The first-order chi connectivity index (χ1) is 9.43. The van der Waals surface area contributed by atoms with E-state index in [2.05, 4.69) is 5.32 Å². The van der Waals surface area contributed by atoms with Crippen LogP contribution in [0.25, 0.3) is 0 Å². The second-order valence-corrected chi connectivity index (χ2v) is 5.57. The maximum atomic E-state index is 12.1. The Kier molecular flexibility index (Phi) is 3.97. The summed E-state index contributed by atoms with van der Waals surface area (Å²) in [6.45, 7) is 4.66. The number of aliphatic carboxylic acids is 1. The second-order valence-electron chi connectivity index (χ2n) is 5.57. The van der Waals surface area contributed by atoms with Gasteiger partial charge in [0.2, 0.25) is 0 Å². The zero-order chi connectivity index (χ0) is 14.8. The Balaban J connectivity index is 2.03. The van der Waals surface area contributed by atoms with E-state index < -0.39 is 11.5 Å². The van der Waals surface area contributed by atoms with E-state index in [0.29, 0.717) is 36.7 Å². The molecule has 20 heavy (non-hydrogen) atoms. The molecular weight excluding hydrogens is 258 g/mol. The molecule has 5 nitrogen and oxygen atoms in total. The molecule has 2 N–H and O–H groups in total. The van der Waals surface area contributed by atoms with Crippen molar-refractivity contribution in [2.75, 3.05) is 6.61 Å². The molecular formula is C15H19NO4. The summed E-state index contributed by atoms with van der Waals surface area (Å²) in [7, 11) is 0. The van der Waals surface area contributed by atoms with Gasteiger partial charge in [0, 0.05) is 5.56 Å². The summed E-state index contributed by atoms with van der Waals surface area (Å²) < 4.78 is 5.56. The van der Waals surface area contributed by atoms with Crippen molar-refractivity contribution in [1.29, 1.82) is 0 Å². The lowest BCUT2D eigenvalue weighted by Gasteiger charge is -2.13. The van der Waals surface area contributed by atoms with Crippen LogP contribution in [0.3, 0.4) is 0 Å². The summed E-state index contributed by atoms with van der Waals surface area (Å²) in [6, 6.07) is 6.79. The fourth-order valence-corrected chi connectivity index (χ4v) is 1.80. The Morgan fingerprint density at radius 2 is 2.10 bits per heavy atom. The first kappa shape index (κ1) is 14.4. The van der Waals surface area contributed by atoms with Gasteiger partial charge in [-0.15, -0.1) is 0 Å². The highest BCUT2D eigenvalue weighted by Gasteiger charge is 2.51. The summed E-state index contributed by atoms with van der Waals surface area (Å²) in [4.78, 5) is 23.1. The summed E-state index contributed by atoms with van der Waals surface area (Å²) >= 11 is 0. The molecule has 1 aliphatic rings. The number of benzene rings is 1. The van der Waals surface area contributed by atoms with Crippen molar-refractivity contribution in [3.8, 4) is 5.75 Å². The van der Waals surface area contributed by atoms with E-state index in [1.807, 2.05) is 13.8 Å². The Bertz CT molecular complexity index is 520. The van der Waals surface area contributed by atoms with Gasteiger partial charge in [-0.1, -0.05) is 19.9 Å². The van der Waals surface area contributed by atoms with E-state index in [1.54, 1.807) is 24.3 Å². The quantitative estimate of drug-likeness (QED) is 0.834. The number of nitrogens with one attached hydrogen (secondary N) is 1. The Labute approximate surface area is 117 Å². The molecule has 0 heterocycles. The molecule has 0 spiro atoms. The monoisotopic (exact) mass is 277 g/mol. The molecule has 1 saturated carbocycles. The average Bonchev–Trinajstić information content (AvgIpc) is 3.17. The number of hydrogen-bond acceptors (Lipinski definition) is 3. The van der Waals surface area contributed by atoms with Gasteiger partial charge in [-0.3, -0.25) is 4.79 Å². The Morgan fingerprint density at radius 1 is 1.40 bits per heavy atom. The Hall–Kier alpha value is -2.04. The van der Waals surface area contributed by atoms with E-state index >= 15 is 0 Å². The number of rotatable bonds is 6. The topological polar surface area (TPSA) is 75.6 Å². The van der Waals surface area contributed by atoms with Gasteiger partial charge in [0.15, 0.2) is 0 Å². The minimum Gasteiger partial charge on any atom is -0.493 e. The second kappa shape index (κ2) is 5.53. The normalized spacial score (nSPS) is 15.8. The van der Waals surface area contributed by atoms with Crippen molar-refractivity contribution in [3.63, 3.8) is 0 Å². The maximum absolute atomic E-state index is 12.1. The number of carboxylic acid groups (broad SMARTS) is 1. The van der Waals surface area contributed by atoms with Crippen LogP contribution in [-0.2, 0) is 4.79 Å². The molecule has 0 unspecified atom stereocenters. The van der Waals surface area contributed by atoms with Crippen molar-refractivity contribution in [2.24, 2.45) is 5.92 Å². The highest BCUT2D eigenvalue weighted by molar-refractivity contribution is 5.99. The number of ether oxygens (including phenoxy) is 1. The van der Waals surface area contributed by atoms with E-state index in [1.165, 1.54) is 0 Å². The molecule has 1 aromatic rings. The van der Waals surface area contributed by atoms with Crippen LogP contribution in [0.1, 0.15) is 37.0 Å². The first-order valence-corrected chi connectivity index (χ1v) is 6.72. The third kappa shape index (κ3) is 3.29. The van der Waals surface area contributed by atoms with Gasteiger partial charge in [0.1, 0.15) is 11.3 Å². The first-order valence-electron chi connectivity index (χ1n) is 6.72. The van der Waals surface area contributed by atoms with Crippen molar-refractivity contribution >= 4 is 11.9 Å². The van der Waals surface area contributed by atoms with Gasteiger partial charge in [0.05, 0.1) is 6.61 Å². The highest BCUT2D eigenvalue weighted by atomic mass is 16.5. The van der Waals surface area contributed by atoms with Crippen LogP contribution in [-0.4, -0.2) is 29.1 Å². The van der Waals surface area contributed by atoms with Gasteiger partial charge in [-0.25, -0.2) is 4.79 Å². The van der Waals surface area contributed by atoms with Crippen LogP contribution in [0.15, 0.2) is 24.3 Å². The lowest BCUT2D eigenvalue weighted by molar-refractivity contribution is -0.140. The third-order valence-electron chi connectivity index (χ3n) is 3.19. The molecule has 0 saturated heterocycles. The number of carbonyl (C=O) groups is 2. The van der Waals surface area contributed by atoms with Crippen LogP contribution >= 0.6 is 0 Å². The maximum Gasteiger partial charge on any atom is 0.329 e. The Morgan fingerprint density at radius 3 is 2.65 bits per heavy atom. The molecule has 0 radical (unpaired) electrons. The largest absolute Gasteiger partial charge is 0.493 e. The lowest BCUT2D eigenvalue weighted by atomic mass is 10.1. The van der Waals surface area contributed by atoms with E-state index in [-0.39, 0.29) is 5.91 Å². The van der Waals surface area contributed by atoms with Crippen LogP contribution in [0.5, 0.6) is 5.75 Å². The van der Waals surface area contributed by atoms with Gasteiger partial charge in [0.25, 0.3) is 5.91 Å². The zero-order valence-electron chi connectivity index (χ0n) is 11.7. The van der Waals surface area contributed by atoms with E-state index in [4.69, 9.17) is 9.84 Å². The molecule has 2 rings (SSSR count). The van der Waals surface area contributed by atoms with Gasteiger partial charge >= 0.3 is 5.97 Å². The summed E-state index contributed by atoms with van der Waals surface area (Å²) in [5.41, 5.74) is -0.648. The smallest absolute Gasteiger partial charge is 0.329 e. The molecule has 0 aliphatic heterocycles. The van der Waals surface area contributed by atoms with Crippen LogP contribution in [0.2, 0.25) is 0 Å². The summed E-state index contributed by atoms with van der Waals surface area (Å²) in [5, 5.41) is 11.6. The van der Waals surface area contributed by atoms with Crippen molar-refractivity contribution < 1.29 is 19.4 Å². The predicted octanol–water partition coefficient (Wildman–Crippen LogP) is 2.07. The number of carboxylic acids is 1. The SMILES string of the molecule is CC(C)COc1cccc(C(=O)NC2(C(=O)O)CC2)c1. The zero-order valence-corrected chi connectivity index (χ0v) is 11.7. The van der Waals surface area contributed by atoms with Crippen molar-refractivity contribution in [2.45, 2.75) is 32.2 Å². The molecule has 5 heteroatoms. The third-order valence-corrected chi connectivity index (χ3v) is 3.19. The standard InChI is InChI=1S/C15H19NO4/c1-10(2)9-20-12-5-3-4-11(8-12)13(17)16-15(6-7-15)14(18)19/h3-5,8,10H,6-7,9H2,1-2H3,(H,16,17)(H,18,19). The van der Waals surface area contributed by atoms with Crippen molar-refractivity contribution in [1.82, 2.24) is 5.32 Å². The minimum atomic E-state index is -1.06. The van der Waals surface area contributed by atoms with Crippen LogP contribution in [0, 0.1) is 5.92 Å². The van der Waals surface area contributed by atoms with E-state index in [9.17, 15) is 9.59 Å². The molecule has 1 aromatic carbocycles. The van der Waals surface area contributed by atoms with Crippen molar-refractivity contribution in [3.05, 3.63) is 29.8 Å². The predicted molar refractivity (Wildman–Crippen MR) is 73.8 cm³/mol. The number of hydrogen-bond donors (Lipinski definition) is 2. The summed E-state index contributed by atoms with van der Waals surface area (Å²) in [6.07, 6.45) is 0.967. The highest BCUT2D eigenvalue weighted by Crippen LogP contribution is 2.35. The minimum absolute atomic E-state index is 0.375. The summed E-state index contributed by atoms with van der Waals surface area (Å²) in [5.74, 6) is -0.335. The molecule has 0 atom stereocenters. The average molecular weight is 277 g/mol. The number of amides is 1. The van der Waals surface area contributed by atoms with Gasteiger partial charge < -0.3 is 15.2 Å². The van der Waals surface area contributed by atoms with Gasteiger partial charge in [-0.2, -0.15) is 0 Å². The molecule has 0 aromatic heterocycles. The fourth-order valence-electron chi connectivity index (χ4n) is 1.80. The van der Waals surface area contributed by atoms with Crippen LogP contribution < -0.4 is 10.1 Å². The number of carbonyl (C=O) groups excluding carboxylic acids is 1. The molecule has 0 bridgehead atoms. The molecule has 1 fully saturated rings. The van der Waals surface area contributed by atoms with E-state index in [0.717, 1.165) is 0 Å².